The third-order valence-corrected chi connectivity index (χ3v) is 7.13. The van der Waals surface area contributed by atoms with E-state index in [-0.39, 0.29) is 0 Å². The van der Waals surface area contributed by atoms with Crippen molar-refractivity contribution in [2.45, 2.75) is 52.2 Å². The molecule has 1 atom stereocenters. The normalized spacial score (nSPS) is 13.9. The maximum Gasteiger partial charge on any atom is 0.337 e. The Balaban J connectivity index is 1.90. The maximum atomic E-state index is 12.7. The summed E-state index contributed by atoms with van der Waals surface area (Å²) in [6, 6.07) is 15.5. The van der Waals surface area contributed by atoms with Crippen LogP contribution in [0.15, 0.2) is 48.7 Å². The quantitative estimate of drug-likeness (QED) is 0.339. The standard InChI is InChI=1S/C30H28N2O4/c1-5-30(3,4)36-28(29(33)34)24-17(2)14-20-15-18(16-31)6-7-21(20)26(24)22-8-9-23-25-19(11-13-35-23)10-12-32-27(22)25/h6-10,12,14-15,28H,5,11,13H2,1-4H3,(H,33,34). The smallest absolute Gasteiger partial charge is 0.337 e. The van der Waals surface area contributed by atoms with E-state index >= 15 is 0 Å². The molecule has 0 amide bonds. The van der Waals surface area contributed by atoms with Crippen LogP contribution in [0.5, 0.6) is 5.75 Å². The van der Waals surface area contributed by atoms with E-state index in [2.05, 4.69) is 6.07 Å². The van der Waals surface area contributed by atoms with Crippen LogP contribution in [-0.2, 0) is 16.0 Å². The summed E-state index contributed by atoms with van der Waals surface area (Å²) in [6.45, 7) is 8.30. The minimum Gasteiger partial charge on any atom is -0.493 e. The van der Waals surface area contributed by atoms with Crippen molar-refractivity contribution in [3.8, 4) is 22.9 Å². The van der Waals surface area contributed by atoms with Gasteiger partial charge in [-0.3, -0.25) is 4.98 Å². The Morgan fingerprint density at radius 1 is 1.25 bits per heavy atom. The van der Waals surface area contributed by atoms with Gasteiger partial charge >= 0.3 is 5.97 Å². The second-order valence-corrected chi connectivity index (χ2v) is 9.88. The number of fused-ring (bicyclic) bond motifs is 1. The van der Waals surface area contributed by atoms with Gasteiger partial charge in [-0.15, -0.1) is 0 Å². The molecule has 6 heteroatoms. The highest BCUT2D eigenvalue weighted by Crippen LogP contribution is 2.45. The lowest BCUT2D eigenvalue weighted by molar-refractivity contribution is -0.162. The van der Waals surface area contributed by atoms with Crippen LogP contribution in [0.1, 0.15) is 55.5 Å². The Labute approximate surface area is 210 Å². The van der Waals surface area contributed by atoms with Gasteiger partial charge in [-0.25, -0.2) is 4.79 Å². The fraction of sp³-hybridized carbons (Fsp3) is 0.300. The molecule has 0 aliphatic carbocycles. The van der Waals surface area contributed by atoms with E-state index in [4.69, 9.17) is 14.5 Å². The number of pyridine rings is 1. The molecular formula is C30H28N2O4. The summed E-state index contributed by atoms with van der Waals surface area (Å²) in [6.07, 6.45) is 2.06. The molecule has 36 heavy (non-hydrogen) atoms. The third kappa shape index (κ3) is 3.96. The first-order valence-corrected chi connectivity index (χ1v) is 12.2. The van der Waals surface area contributed by atoms with Crippen molar-refractivity contribution in [1.29, 1.82) is 5.26 Å². The number of nitriles is 1. The molecule has 5 rings (SSSR count). The molecule has 4 aromatic rings. The summed E-state index contributed by atoms with van der Waals surface area (Å²) in [5.41, 5.74) is 4.78. The molecule has 0 saturated carbocycles. The molecule has 0 spiro atoms. The largest absolute Gasteiger partial charge is 0.493 e. The van der Waals surface area contributed by atoms with E-state index in [0.717, 1.165) is 56.1 Å². The summed E-state index contributed by atoms with van der Waals surface area (Å²) >= 11 is 0. The average molecular weight is 481 g/mol. The van der Waals surface area contributed by atoms with E-state index < -0.39 is 17.7 Å². The number of aryl methyl sites for hydroxylation is 1. The predicted molar refractivity (Wildman–Crippen MR) is 139 cm³/mol. The number of aliphatic carboxylic acids is 1. The number of ether oxygens (including phenoxy) is 2. The van der Waals surface area contributed by atoms with Crippen LogP contribution in [0.2, 0.25) is 0 Å². The first kappa shape index (κ1) is 23.8. The fourth-order valence-electron chi connectivity index (χ4n) is 5.00. The number of carboxylic acid groups (broad SMARTS) is 1. The van der Waals surface area contributed by atoms with Crippen molar-refractivity contribution < 1.29 is 19.4 Å². The van der Waals surface area contributed by atoms with Crippen LogP contribution in [0.3, 0.4) is 0 Å². The molecule has 1 N–H and O–H groups in total. The van der Waals surface area contributed by atoms with Crippen LogP contribution < -0.4 is 4.74 Å². The van der Waals surface area contributed by atoms with E-state index in [9.17, 15) is 15.2 Å². The molecule has 1 unspecified atom stereocenters. The second-order valence-electron chi connectivity index (χ2n) is 9.88. The summed E-state index contributed by atoms with van der Waals surface area (Å²) in [5.74, 6) is -0.264. The summed E-state index contributed by atoms with van der Waals surface area (Å²) < 4.78 is 12.2. The van der Waals surface area contributed by atoms with Crippen LogP contribution in [-0.4, -0.2) is 28.3 Å². The molecule has 0 saturated heterocycles. The van der Waals surface area contributed by atoms with Crippen molar-refractivity contribution in [2.75, 3.05) is 6.61 Å². The lowest BCUT2D eigenvalue weighted by atomic mass is 9.85. The van der Waals surface area contributed by atoms with E-state index in [1.165, 1.54) is 0 Å². The van der Waals surface area contributed by atoms with Gasteiger partial charge in [0.15, 0.2) is 6.10 Å². The molecule has 1 aliphatic heterocycles. The van der Waals surface area contributed by atoms with Crippen molar-refractivity contribution >= 4 is 27.6 Å². The number of aromatic nitrogens is 1. The molecule has 0 fully saturated rings. The Morgan fingerprint density at radius 2 is 2.06 bits per heavy atom. The zero-order chi connectivity index (χ0) is 25.6. The SMILES string of the molecule is CCC(C)(C)OC(C(=O)O)c1c(C)cc2cc(C#N)ccc2c1-c1ccc2c3c(ccnc13)CCO2. The number of rotatable bonds is 6. The molecule has 2 heterocycles. The minimum atomic E-state index is -1.18. The zero-order valence-corrected chi connectivity index (χ0v) is 20.9. The molecule has 1 aromatic heterocycles. The number of hydrogen-bond donors (Lipinski definition) is 1. The van der Waals surface area contributed by atoms with Crippen molar-refractivity contribution in [2.24, 2.45) is 0 Å². The lowest BCUT2D eigenvalue weighted by Gasteiger charge is -2.31. The van der Waals surface area contributed by atoms with Gasteiger partial charge in [0.2, 0.25) is 0 Å². The molecule has 1 aliphatic rings. The predicted octanol–water partition coefficient (Wildman–Crippen LogP) is 6.50. The van der Waals surface area contributed by atoms with Gasteiger partial charge in [-0.1, -0.05) is 19.1 Å². The van der Waals surface area contributed by atoms with Gasteiger partial charge < -0.3 is 14.6 Å². The molecular weight excluding hydrogens is 452 g/mol. The number of benzene rings is 3. The van der Waals surface area contributed by atoms with Crippen molar-refractivity contribution in [1.82, 2.24) is 4.98 Å². The van der Waals surface area contributed by atoms with Crippen molar-refractivity contribution in [3.63, 3.8) is 0 Å². The van der Waals surface area contributed by atoms with Crippen LogP contribution in [0.25, 0.3) is 32.8 Å². The highest BCUT2D eigenvalue weighted by Gasteiger charge is 2.33. The summed E-state index contributed by atoms with van der Waals surface area (Å²) in [7, 11) is 0. The topological polar surface area (TPSA) is 92.4 Å². The van der Waals surface area contributed by atoms with Gasteiger partial charge in [0.05, 0.1) is 29.4 Å². The van der Waals surface area contributed by atoms with E-state index in [1.54, 1.807) is 12.3 Å². The van der Waals surface area contributed by atoms with Gasteiger partial charge in [-0.2, -0.15) is 5.26 Å². The van der Waals surface area contributed by atoms with Crippen LogP contribution >= 0.6 is 0 Å². The van der Waals surface area contributed by atoms with Gasteiger partial charge in [-0.05, 0) is 85.0 Å². The second kappa shape index (κ2) is 8.92. The Kier molecular flexibility index (Phi) is 5.89. The summed E-state index contributed by atoms with van der Waals surface area (Å²) in [4.78, 5) is 17.4. The van der Waals surface area contributed by atoms with Gasteiger partial charge in [0.25, 0.3) is 0 Å². The summed E-state index contributed by atoms with van der Waals surface area (Å²) in [5, 5.41) is 22.5. The van der Waals surface area contributed by atoms with Crippen LogP contribution in [0.4, 0.5) is 0 Å². The Bertz CT molecular complexity index is 1560. The Morgan fingerprint density at radius 3 is 2.78 bits per heavy atom. The lowest BCUT2D eigenvalue weighted by Crippen LogP contribution is -2.30. The molecule has 182 valence electrons. The van der Waals surface area contributed by atoms with E-state index in [1.807, 2.05) is 64.1 Å². The zero-order valence-electron chi connectivity index (χ0n) is 20.9. The molecule has 0 radical (unpaired) electrons. The molecule has 3 aromatic carbocycles. The number of carbonyl (C=O) groups is 1. The third-order valence-electron chi connectivity index (χ3n) is 7.13. The van der Waals surface area contributed by atoms with Crippen molar-refractivity contribution in [3.05, 3.63) is 70.9 Å². The van der Waals surface area contributed by atoms with Gasteiger partial charge in [0.1, 0.15) is 5.75 Å². The first-order valence-electron chi connectivity index (χ1n) is 12.2. The molecule has 6 nitrogen and oxygen atoms in total. The highest BCUT2D eigenvalue weighted by atomic mass is 16.5. The average Bonchev–Trinajstić information content (AvgIpc) is 2.87. The monoisotopic (exact) mass is 480 g/mol. The van der Waals surface area contributed by atoms with E-state index in [0.29, 0.717) is 24.2 Å². The number of hydrogen-bond acceptors (Lipinski definition) is 5. The van der Waals surface area contributed by atoms with Gasteiger partial charge in [0, 0.05) is 29.1 Å². The minimum absolute atomic E-state index is 0.544. The number of carboxylic acids is 1. The molecule has 0 bridgehead atoms. The number of nitrogens with zero attached hydrogens (tertiary/aromatic N) is 2. The Hall–Kier alpha value is -3.95. The van der Waals surface area contributed by atoms with Crippen LogP contribution in [0, 0.1) is 18.3 Å². The fourth-order valence-corrected chi connectivity index (χ4v) is 5.00. The first-order chi connectivity index (χ1) is 17.2. The highest BCUT2D eigenvalue weighted by molar-refractivity contribution is 6.09. The maximum absolute atomic E-state index is 12.7.